The Morgan fingerprint density at radius 2 is 2.00 bits per heavy atom. The second-order valence-corrected chi connectivity index (χ2v) is 9.26. The van der Waals surface area contributed by atoms with Crippen LogP contribution in [0.5, 0.6) is 0 Å². The molecule has 0 radical (unpaired) electrons. The molecule has 9 nitrogen and oxygen atoms in total. The monoisotopic (exact) mass is 438 g/mol. The minimum Gasteiger partial charge on any atom is -0.384 e. The lowest BCUT2D eigenvalue weighted by Gasteiger charge is -2.27. The highest BCUT2D eigenvalue weighted by Crippen LogP contribution is 2.27. The van der Waals surface area contributed by atoms with Gasteiger partial charge < -0.3 is 16.8 Å². The van der Waals surface area contributed by atoms with Gasteiger partial charge >= 0.3 is 0 Å². The standard InChI is InChI=1S/C21H22N6O3S/c22-18-7-4-14-11-16(5-6-17(14)26-18)31(29,30)27-21(8-9-25-20(21)28)12-13-2-1-3-15(10-13)19(23)24/h1-7,10-11,27H,8-9,12H2,(H2,22,26)(H3,23,24)(H,25,28)/t21-/m1/s1. The summed E-state index contributed by atoms with van der Waals surface area (Å²) in [7, 11) is -4.02. The predicted octanol–water partition coefficient (Wildman–Crippen LogP) is 0.881. The predicted molar refractivity (Wildman–Crippen MR) is 118 cm³/mol. The molecule has 1 atom stereocenters. The summed E-state index contributed by atoms with van der Waals surface area (Å²) in [5, 5.41) is 11.0. The summed E-state index contributed by atoms with van der Waals surface area (Å²) in [5.74, 6) is -0.145. The maximum Gasteiger partial charge on any atom is 0.241 e. The van der Waals surface area contributed by atoms with Crippen molar-refractivity contribution >= 4 is 38.5 Å². The van der Waals surface area contributed by atoms with Crippen LogP contribution in [0.2, 0.25) is 0 Å². The summed E-state index contributed by atoms with van der Waals surface area (Å²) >= 11 is 0. The third kappa shape index (κ3) is 4.07. The Bertz CT molecular complexity index is 1310. The molecule has 0 saturated carbocycles. The number of amides is 1. The van der Waals surface area contributed by atoms with Gasteiger partial charge in [0.25, 0.3) is 0 Å². The summed E-state index contributed by atoms with van der Waals surface area (Å²) in [6, 6.07) is 14.7. The number of nitrogens with one attached hydrogen (secondary N) is 3. The number of anilines is 1. The zero-order chi connectivity index (χ0) is 22.2. The lowest BCUT2D eigenvalue weighted by Crippen LogP contribution is -2.55. The molecule has 7 N–H and O–H groups in total. The molecule has 31 heavy (non-hydrogen) atoms. The molecule has 1 aliphatic rings. The summed E-state index contributed by atoms with van der Waals surface area (Å²) < 4.78 is 29.1. The lowest BCUT2D eigenvalue weighted by molar-refractivity contribution is -0.124. The van der Waals surface area contributed by atoms with Crippen LogP contribution in [0, 0.1) is 5.41 Å². The van der Waals surface area contributed by atoms with Crippen molar-refractivity contribution < 1.29 is 13.2 Å². The summed E-state index contributed by atoms with van der Waals surface area (Å²) in [4.78, 5) is 17.0. The number of carbonyl (C=O) groups is 1. The largest absolute Gasteiger partial charge is 0.384 e. The number of fused-ring (bicyclic) bond motifs is 1. The van der Waals surface area contributed by atoms with Gasteiger partial charge in [0, 0.05) is 23.9 Å². The van der Waals surface area contributed by atoms with Crippen LogP contribution in [0.4, 0.5) is 5.82 Å². The molecule has 1 aliphatic heterocycles. The Hall–Kier alpha value is -3.50. The molecule has 3 aromatic rings. The number of nitrogens with two attached hydrogens (primary N) is 2. The molecule has 0 aliphatic carbocycles. The van der Waals surface area contributed by atoms with Crippen molar-refractivity contribution in [3.8, 4) is 0 Å². The SMILES string of the molecule is N=C(N)c1cccc(C[C@]2(NS(=O)(=O)c3ccc4nc(N)ccc4c3)CCNC2=O)c1. The van der Waals surface area contributed by atoms with Gasteiger partial charge in [0.2, 0.25) is 15.9 Å². The molecule has 160 valence electrons. The zero-order valence-corrected chi connectivity index (χ0v) is 17.4. The number of hydrogen-bond donors (Lipinski definition) is 5. The van der Waals surface area contributed by atoms with Gasteiger partial charge in [-0.1, -0.05) is 18.2 Å². The minimum absolute atomic E-state index is 0.0307. The highest BCUT2D eigenvalue weighted by Gasteiger charge is 2.45. The number of amidine groups is 1. The second kappa shape index (κ2) is 7.64. The molecule has 0 unspecified atom stereocenters. The van der Waals surface area contributed by atoms with E-state index in [4.69, 9.17) is 16.9 Å². The molecule has 1 aromatic heterocycles. The van der Waals surface area contributed by atoms with Crippen LogP contribution in [0.3, 0.4) is 0 Å². The van der Waals surface area contributed by atoms with Crippen LogP contribution in [0.25, 0.3) is 10.9 Å². The molecule has 1 saturated heterocycles. The number of nitrogens with zero attached hydrogens (tertiary/aromatic N) is 1. The van der Waals surface area contributed by atoms with Gasteiger partial charge in [0.1, 0.15) is 17.2 Å². The second-order valence-electron chi connectivity index (χ2n) is 7.57. The van der Waals surface area contributed by atoms with Crippen molar-refractivity contribution in [2.45, 2.75) is 23.3 Å². The normalized spacial score (nSPS) is 18.8. The Morgan fingerprint density at radius 1 is 1.19 bits per heavy atom. The van der Waals surface area contributed by atoms with Gasteiger partial charge in [-0.25, -0.2) is 13.4 Å². The maximum atomic E-state index is 13.2. The smallest absolute Gasteiger partial charge is 0.241 e. The van der Waals surface area contributed by atoms with Gasteiger partial charge in [-0.2, -0.15) is 4.72 Å². The maximum absolute atomic E-state index is 13.2. The average Bonchev–Trinajstić information content (AvgIpc) is 3.06. The van der Waals surface area contributed by atoms with E-state index in [0.29, 0.717) is 40.8 Å². The molecule has 10 heteroatoms. The Labute approximate surface area is 179 Å². The third-order valence-corrected chi connectivity index (χ3v) is 6.87. The van der Waals surface area contributed by atoms with Crippen molar-refractivity contribution in [1.29, 1.82) is 5.41 Å². The van der Waals surface area contributed by atoms with Crippen LogP contribution in [-0.2, 0) is 21.2 Å². The highest BCUT2D eigenvalue weighted by molar-refractivity contribution is 7.89. The molecule has 4 rings (SSSR count). The number of nitrogen functional groups attached to an aromatic ring is 2. The van der Waals surface area contributed by atoms with Gasteiger partial charge in [-0.3, -0.25) is 10.2 Å². The average molecular weight is 439 g/mol. The van der Waals surface area contributed by atoms with Crippen molar-refractivity contribution in [2.75, 3.05) is 12.3 Å². The number of rotatable bonds is 6. The van der Waals surface area contributed by atoms with Gasteiger partial charge in [-0.05, 0) is 48.4 Å². The van der Waals surface area contributed by atoms with E-state index in [1.54, 1.807) is 42.5 Å². The summed E-state index contributed by atoms with van der Waals surface area (Å²) in [5.41, 5.74) is 11.7. The van der Waals surface area contributed by atoms with Crippen LogP contribution < -0.4 is 21.5 Å². The van der Waals surface area contributed by atoms with Crippen molar-refractivity contribution in [3.63, 3.8) is 0 Å². The van der Waals surface area contributed by atoms with E-state index < -0.39 is 15.6 Å². The van der Waals surface area contributed by atoms with E-state index in [1.165, 1.54) is 12.1 Å². The first-order chi connectivity index (χ1) is 14.7. The zero-order valence-electron chi connectivity index (χ0n) is 16.6. The van der Waals surface area contributed by atoms with Crippen molar-refractivity contribution in [2.24, 2.45) is 5.73 Å². The van der Waals surface area contributed by atoms with Crippen LogP contribution in [0.1, 0.15) is 17.5 Å². The Kier molecular flexibility index (Phi) is 5.11. The number of pyridine rings is 1. The molecule has 2 aromatic carbocycles. The number of aromatic nitrogens is 1. The highest BCUT2D eigenvalue weighted by atomic mass is 32.2. The first-order valence-corrected chi connectivity index (χ1v) is 11.1. The molecule has 2 heterocycles. The van der Waals surface area contributed by atoms with Crippen LogP contribution >= 0.6 is 0 Å². The summed E-state index contributed by atoms with van der Waals surface area (Å²) in [6.45, 7) is 0.356. The van der Waals surface area contributed by atoms with Crippen LogP contribution in [-0.4, -0.2) is 37.2 Å². The van der Waals surface area contributed by atoms with Crippen LogP contribution in [0.15, 0.2) is 59.5 Å². The third-order valence-electron chi connectivity index (χ3n) is 5.34. The first-order valence-electron chi connectivity index (χ1n) is 9.60. The van der Waals surface area contributed by atoms with Gasteiger partial charge in [0.15, 0.2) is 0 Å². The lowest BCUT2D eigenvalue weighted by atomic mass is 9.89. The number of benzene rings is 2. The Balaban J connectivity index is 1.69. The number of hydrogen-bond acceptors (Lipinski definition) is 6. The van der Waals surface area contributed by atoms with Gasteiger partial charge in [0.05, 0.1) is 10.4 Å². The van der Waals surface area contributed by atoms with Crippen molar-refractivity contribution in [1.82, 2.24) is 15.0 Å². The fourth-order valence-corrected chi connectivity index (χ4v) is 5.20. The molecular formula is C21H22N6O3S. The number of sulfonamides is 1. The molecule has 1 amide bonds. The van der Waals surface area contributed by atoms with Crippen molar-refractivity contribution in [3.05, 3.63) is 65.7 Å². The van der Waals surface area contributed by atoms with E-state index in [2.05, 4.69) is 15.0 Å². The fraction of sp³-hybridized carbons (Fsp3) is 0.190. The molecule has 0 bridgehead atoms. The van der Waals surface area contributed by atoms with E-state index >= 15 is 0 Å². The quantitative estimate of drug-likeness (QED) is 0.283. The molecular weight excluding hydrogens is 416 g/mol. The van der Waals surface area contributed by atoms with E-state index in [-0.39, 0.29) is 23.1 Å². The minimum atomic E-state index is -4.02. The molecule has 0 spiro atoms. The fourth-order valence-electron chi connectivity index (χ4n) is 3.77. The Morgan fingerprint density at radius 3 is 2.71 bits per heavy atom. The van der Waals surface area contributed by atoms with E-state index in [1.807, 2.05) is 0 Å². The molecule has 1 fully saturated rings. The van der Waals surface area contributed by atoms with Gasteiger partial charge in [-0.15, -0.1) is 0 Å². The van der Waals surface area contributed by atoms with E-state index in [0.717, 1.165) is 0 Å². The number of carbonyl (C=O) groups excluding carboxylic acids is 1. The first kappa shape index (κ1) is 20.8. The topological polar surface area (TPSA) is 164 Å². The van der Waals surface area contributed by atoms with E-state index in [9.17, 15) is 13.2 Å². The summed E-state index contributed by atoms with van der Waals surface area (Å²) in [6.07, 6.45) is 0.423.